The van der Waals surface area contributed by atoms with Crippen LogP contribution in [-0.4, -0.2) is 23.5 Å². The molecule has 32 heavy (non-hydrogen) atoms. The van der Waals surface area contributed by atoms with Gasteiger partial charge in [0.05, 0.1) is 24.8 Å². The molecule has 2 N–H and O–H groups in total. The topological polar surface area (TPSA) is 95.9 Å². The Kier molecular flexibility index (Phi) is 6.62. The Morgan fingerprint density at radius 1 is 1.00 bits per heavy atom. The first-order valence-corrected chi connectivity index (χ1v) is 9.23. The largest absolute Gasteiger partial charge is 0.497 e. The summed E-state index contributed by atoms with van der Waals surface area (Å²) in [6.45, 7) is -0.0630. The SMILES string of the molecule is COc1ccc(C(=O)O/N=C(\N)c2ccc(Cn3cc(C(F)(F)F)ccc3=O)cc2)cc1. The van der Waals surface area contributed by atoms with E-state index in [0.717, 1.165) is 22.9 Å². The van der Waals surface area contributed by atoms with Crippen molar-refractivity contribution in [2.75, 3.05) is 7.11 Å². The number of rotatable bonds is 6. The number of nitrogens with two attached hydrogens (primary N) is 1. The van der Waals surface area contributed by atoms with Crippen LogP contribution in [0.2, 0.25) is 0 Å². The zero-order chi connectivity index (χ0) is 23.3. The summed E-state index contributed by atoms with van der Waals surface area (Å²) in [5.74, 6) is -0.206. The van der Waals surface area contributed by atoms with E-state index in [1.807, 2.05) is 0 Å². The van der Waals surface area contributed by atoms with Gasteiger partial charge in [0.2, 0.25) is 0 Å². The number of pyridine rings is 1. The van der Waals surface area contributed by atoms with Crippen LogP contribution in [0.1, 0.15) is 27.0 Å². The maximum atomic E-state index is 12.9. The Morgan fingerprint density at radius 2 is 1.62 bits per heavy atom. The number of hydrogen-bond acceptors (Lipinski definition) is 5. The maximum Gasteiger partial charge on any atom is 0.417 e. The van der Waals surface area contributed by atoms with Crippen molar-refractivity contribution in [1.29, 1.82) is 0 Å². The molecule has 0 amide bonds. The Hall–Kier alpha value is -4.08. The number of oxime groups is 1. The molecule has 0 atom stereocenters. The van der Waals surface area contributed by atoms with Crippen LogP contribution in [0.25, 0.3) is 0 Å². The molecule has 2 aromatic carbocycles. The van der Waals surface area contributed by atoms with Gasteiger partial charge < -0.3 is 19.9 Å². The minimum absolute atomic E-state index is 0.0630. The molecule has 3 rings (SSSR count). The Morgan fingerprint density at radius 3 is 2.22 bits per heavy atom. The van der Waals surface area contributed by atoms with Crippen molar-refractivity contribution in [1.82, 2.24) is 4.57 Å². The van der Waals surface area contributed by atoms with Gasteiger partial charge >= 0.3 is 12.1 Å². The van der Waals surface area contributed by atoms with Crippen LogP contribution in [0.5, 0.6) is 5.75 Å². The molecule has 166 valence electrons. The summed E-state index contributed by atoms with van der Waals surface area (Å²) in [7, 11) is 1.50. The summed E-state index contributed by atoms with van der Waals surface area (Å²) in [6, 6.07) is 14.1. The van der Waals surface area contributed by atoms with Crippen LogP contribution >= 0.6 is 0 Å². The van der Waals surface area contributed by atoms with Gasteiger partial charge in [0.15, 0.2) is 5.84 Å². The standard InChI is InChI=1S/C22H18F3N3O4/c1-31-18-9-6-16(7-10-18)21(30)32-27-20(26)15-4-2-14(3-5-15)12-28-13-17(22(23,24)25)8-11-19(28)29/h2-11,13H,12H2,1H3,(H2,26,27). The Bertz CT molecular complexity index is 1180. The first kappa shape index (κ1) is 22.6. The smallest absolute Gasteiger partial charge is 0.417 e. The van der Waals surface area contributed by atoms with Gasteiger partial charge in [-0.2, -0.15) is 13.2 Å². The third kappa shape index (κ3) is 5.54. The summed E-state index contributed by atoms with van der Waals surface area (Å²) in [5.41, 5.74) is 5.60. The number of nitrogens with zero attached hydrogens (tertiary/aromatic N) is 2. The van der Waals surface area contributed by atoms with Crippen molar-refractivity contribution in [3.63, 3.8) is 0 Å². The molecular weight excluding hydrogens is 427 g/mol. The second kappa shape index (κ2) is 9.38. The van der Waals surface area contributed by atoms with E-state index in [1.54, 1.807) is 36.4 Å². The van der Waals surface area contributed by atoms with Gasteiger partial charge in [-0.3, -0.25) is 4.79 Å². The lowest BCUT2D eigenvalue weighted by Crippen LogP contribution is -2.22. The molecule has 0 unspecified atom stereocenters. The van der Waals surface area contributed by atoms with Crippen molar-refractivity contribution in [3.8, 4) is 5.75 Å². The lowest BCUT2D eigenvalue weighted by molar-refractivity contribution is -0.138. The number of benzene rings is 2. The van der Waals surface area contributed by atoms with E-state index in [2.05, 4.69) is 5.16 Å². The van der Waals surface area contributed by atoms with Crippen LogP contribution in [0, 0.1) is 0 Å². The number of hydrogen-bond donors (Lipinski definition) is 1. The van der Waals surface area contributed by atoms with Crippen LogP contribution in [0.4, 0.5) is 13.2 Å². The minimum Gasteiger partial charge on any atom is -0.497 e. The fourth-order valence-corrected chi connectivity index (χ4v) is 2.72. The van der Waals surface area contributed by atoms with Crippen LogP contribution < -0.4 is 16.0 Å². The quantitative estimate of drug-likeness (QED) is 0.272. The van der Waals surface area contributed by atoms with Crippen molar-refractivity contribution >= 4 is 11.8 Å². The minimum atomic E-state index is -4.55. The van der Waals surface area contributed by atoms with Crippen molar-refractivity contribution in [2.24, 2.45) is 10.9 Å². The molecule has 0 spiro atoms. The monoisotopic (exact) mass is 445 g/mol. The highest BCUT2D eigenvalue weighted by molar-refractivity contribution is 5.98. The van der Waals surface area contributed by atoms with E-state index in [0.29, 0.717) is 16.9 Å². The van der Waals surface area contributed by atoms with Gasteiger partial charge in [-0.05, 0) is 35.9 Å². The number of aromatic nitrogens is 1. The summed E-state index contributed by atoms with van der Waals surface area (Å²) in [5, 5.41) is 3.61. The van der Waals surface area contributed by atoms with E-state index in [9.17, 15) is 22.8 Å². The first-order chi connectivity index (χ1) is 15.2. The predicted molar refractivity (Wildman–Crippen MR) is 110 cm³/mol. The third-order valence-corrected chi connectivity index (χ3v) is 4.47. The summed E-state index contributed by atoms with van der Waals surface area (Å²) in [6.07, 6.45) is -3.78. The average Bonchev–Trinajstić information content (AvgIpc) is 2.78. The van der Waals surface area contributed by atoms with Gasteiger partial charge in [-0.1, -0.05) is 29.4 Å². The molecule has 3 aromatic rings. The molecule has 7 nitrogen and oxygen atoms in total. The number of methoxy groups -OCH3 is 1. The fourth-order valence-electron chi connectivity index (χ4n) is 2.72. The highest BCUT2D eigenvalue weighted by atomic mass is 19.4. The summed E-state index contributed by atoms with van der Waals surface area (Å²) < 4.78 is 44.6. The zero-order valence-electron chi connectivity index (χ0n) is 16.8. The van der Waals surface area contributed by atoms with Gasteiger partial charge in [0.25, 0.3) is 5.56 Å². The molecule has 0 aliphatic carbocycles. The van der Waals surface area contributed by atoms with E-state index < -0.39 is 23.3 Å². The number of alkyl halides is 3. The molecule has 0 fully saturated rings. The fraction of sp³-hybridized carbons (Fsp3) is 0.136. The van der Waals surface area contributed by atoms with Crippen LogP contribution in [-0.2, 0) is 17.6 Å². The molecule has 0 saturated carbocycles. The molecule has 0 radical (unpaired) electrons. The van der Waals surface area contributed by atoms with E-state index >= 15 is 0 Å². The van der Waals surface area contributed by atoms with E-state index in [1.165, 1.54) is 19.2 Å². The Labute approximate surface area is 180 Å². The summed E-state index contributed by atoms with van der Waals surface area (Å²) in [4.78, 5) is 28.7. The number of ether oxygens (including phenoxy) is 1. The lowest BCUT2D eigenvalue weighted by atomic mass is 10.1. The molecule has 0 aliphatic heterocycles. The molecule has 0 bridgehead atoms. The van der Waals surface area contributed by atoms with E-state index in [4.69, 9.17) is 15.3 Å². The van der Waals surface area contributed by atoms with E-state index in [-0.39, 0.29) is 17.9 Å². The van der Waals surface area contributed by atoms with Crippen molar-refractivity contribution < 1.29 is 27.5 Å². The number of halogens is 3. The molecule has 10 heteroatoms. The second-order valence-corrected chi connectivity index (χ2v) is 6.66. The van der Waals surface area contributed by atoms with Crippen LogP contribution in [0.3, 0.4) is 0 Å². The van der Waals surface area contributed by atoms with Gasteiger partial charge in [0, 0.05) is 17.8 Å². The predicted octanol–water partition coefficient (Wildman–Crippen LogP) is 3.40. The molecule has 1 heterocycles. The third-order valence-electron chi connectivity index (χ3n) is 4.47. The highest BCUT2D eigenvalue weighted by Crippen LogP contribution is 2.28. The van der Waals surface area contributed by atoms with Crippen LogP contribution in [0.15, 0.2) is 76.8 Å². The first-order valence-electron chi connectivity index (χ1n) is 9.23. The maximum absolute atomic E-state index is 12.9. The van der Waals surface area contributed by atoms with Gasteiger partial charge in [-0.15, -0.1) is 0 Å². The number of amidine groups is 1. The Balaban J connectivity index is 1.68. The number of carbonyl (C=O) groups excluding carboxylic acids is 1. The lowest BCUT2D eigenvalue weighted by Gasteiger charge is -2.11. The highest BCUT2D eigenvalue weighted by Gasteiger charge is 2.31. The van der Waals surface area contributed by atoms with Gasteiger partial charge in [0.1, 0.15) is 5.75 Å². The number of carbonyl (C=O) groups is 1. The average molecular weight is 445 g/mol. The normalized spacial score (nSPS) is 11.8. The second-order valence-electron chi connectivity index (χ2n) is 6.66. The molecule has 0 saturated heterocycles. The van der Waals surface area contributed by atoms with Crippen molar-refractivity contribution in [3.05, 3.63) is 99.5 Å². The van der Waals surface area contributed by atoms with Gasteiger partial charge in [-0.25, -0.2) is 4.79 Å². The molecule has 0 aliphatic rings. The van der Waals surface area contributed by atoms with Crippen molar-refractivity contribution in [2.45, 2.75) is 12.7 Å². The summed E-state index contributed by atoms with van der Waals surface area (Å²) >= 11 is 0. The molecule has 1 aromatic heterocycles. The zero-order valence-corrected chi connectivity index (χ0v) is 16.8. The molecular formula is C22H18F3N3O4.